The molecule has 1 radical (unpaired) electrons. The maximum Gasteiger partial charge on any atom is 0.162 e. The quantitative estimate of drug-likeness (QED) is 0.707. The Morgan fingerprint density at radius 1 is 1.21 bits per heavy atom. The van der Waals surface area contributed by atoms with Crippen LogP contribution in [0.4, 0.5) is 0 Å². The van der Waals surface area contributed by atoms with E-state index in [1.807, 2.05) is 0 Å². The van der Waals surface area contributed by atoms with Crippen molar-refractivity contribution in [1.29, 1.82) is 0 Å². The van der Waals surface area contributed by atoms with Crippen LogP contribution in [0.5, 0.6) is 0 Å². The summed E-state index contributed by atoms with van der Waals surface area (Å²) in [5, 5.41) is 3.55. The Kier molecular flexibility index (Phi) is 6.20. The van der Waals surface area contributed by atoms with E-state index >= 15 is 0 Å². The Balaban J connectivity index is 2.21. The molecule has 1 N–H and O–H groups in total. The van der Waals surface area contributed by atoms with Crippen LogP contribution in [0, 0.1) is 6.23 Å². The highest BCUT2D eigenvalue weighted by Gasteiger charge is 2.18. The normalized spacial score (nSPS) is 19.1. The van der Waals surface area contributed by atoms with Gasteiger partial charge in [-0.15, -0.1) is 0 Å². The highest BCUT2D eigenvalue weighted by molar-refractivity contribution is 4.83. The van der Waals surface area contributed by atoms with E-state index in [0.717, 1.165) is 19.3 Å². The van der Waals surface area contributed by atoms with E-state index in [1.165, 1.54) is 38.5 Å². The van der Waals surface area contributed by atoms with Crippen molar-refractivity contribution in [3.05, 3.63) is 6.23 Å². The zero-order chi connectivity index (χ0) is 10.2. The third-order valence-corrected chi connectivity index (χ3v) is 2.71. The van der Waals surface area contributed by atoms with Crippen molar-refractivity contribution >= 4 is 0 Å². The summed E-state index contributed by atoms with van der Waals surface area (Å²) in [5.41, 5.74) is 0. The van der Waals surface area contributed by atoms with E-state index in [9.17, 15) is 0 Å². The van der Waals surface area contributed by atoms with Gasteiger partial charge in [0.05, 0.1) is 0 Å². The second-order valence-electron chi connectivity index (χ2n) is 4.15. The molecule has 0 atom stereocenters. The molecule has 0 spiro atoms. The fraction of sp³-hybridized carbons (Fsp3) is 0.917. The first-order valence-corrected chi connectivity index (χ1v) is 6.12. The molecule has 1 rings (SSSR count). The lowest BCUT2D eigenvalue weighted by molar-refractivity contribution is 0.0703. The molecule has 0 bridgehead atoms. The summed E-state index contributed by atoms with van der Waals surface area (Å²) in [7, 11) is 0. The summed E-state index contributed by atoms with van der Waals surface area (Å²) in [6, 6.07) is 0.637. The van der Waals surface area contributed by atoms with Crippen molar-refractivity contribution in [3.63, 3.8) is 0 Å². The van der Waals surface area contributed by atoms with Crippen LogP contribution in [-0.4, -0.2) is 12.6 Å². The molecule has 0 aromatic heterocycles. The van der Waals surface area contributed by atoms with Gasteiger partial charge in [-0.05, 0) is 32.1 Å². The van der Waals surface area contributed by atoms with Gasteiger partial charge >= 0.3 is 0 Å². The van der Waals surface area contributed by atoms with Crippen molar-refractivity contribution < 1.29 is 4.74 Å². The van der Waals surface area contributed by atoms with E-state index in [0.29, 0.717) is 6.04 Å². The summed E-state index contributed by atoms with van der Waals surface area (Å²) >= 11 is 0. The average molecular weight is 198 g/mol. The van der Waals surface area contributed by atoms with Gasteiger partial charge in [-0.1, -0.05) is 26.7 Å². The summed E-state index contributed by atoms with van der Waals surface area (Å²) in [5.74, 6) is 0. The Morgan fingerprint density at radius 3 is 2.43 bits per heavy atom. The van der Waals surface area contributed by atoms with Crippen molar-refractivity contribution in [1.82, 2.24) is 5.32 Å². The average Bonchev–Trinajstić information content (AvgIpc) is 2.20. The lowest BCUT2D eigenvalue weighted by Crippen LogP contribution is -2.35. The van der Waals surface area contributed by atoms with Crippen LogP contribution in [0.15, 0.2) is 0 Å². The molecule has 14 heavy (non-hydrogen) atoms. The molecule has 2 nitrogen and oxygen atoms in total. The molecule has 1 heterocycles. The molecule has 0 saturated carbocycles. The van der Waals surface area contributed by atoms with E-state index < -0.39 is 0 Å². The van der Waals surface area contributed by atoms with Crippen LogP contribution >= 0.6 is 0 Å². The van der Waals surface area contributed by atoms with Gasteiger partial charge in [0, 0.05) is 12.6 Å². The van der Waals surface area contributed by atoms with E-state index in [1.54, 1.807) is 0 Å². The fourth-order valence-electron chi connectivity index (χ4n) is 1.98. The molecule has 83 valence electrons. The first-order valence-electron chi connectivity index (χ1n) is 6.12. The van der Waals surface area contributed by atoms with E-state index in [2.05, 4.69) is 19.2 Å². The predicted octanol–water partition coefficient (Wildman–Crippen LogP) is 3.23. The van der Waals surface area contributed by atoms with Gasteiger partial charge in [-0.25, -0.2) is 0 Å². The minimum atomic E-state index is 0.637. The zero-order valence-electron chi connectivity index (χ0n) is 9.64. The van der Waals surface area contributed by atoms with Gasteiger partial charge in [0.2, 0.25) is 0 Å². The van der Waals surface area contributed by atoms with Gasteiger partial charge in [0.1, 0.15) is 0 Å². The van der Waals surface area contributed by atoms with Gasteiger partial charge in [-0.3, -0.25) is 5.32 Å². The van der Waals surface area contributed by atoms with Crippen LogP contribution in [0.3, 0.4) is 0 Å². The molecule has 1 fully saturated rings. The third kappa shape index (κ3) is 4.43. The largest absolute Gasteiger partial charge is 0.356 e. The topological polar surface area (TPSA) is 21.3 Å². The number of rotatable bonds is 6. The van der Waals surface area contributed by atoms with Crippen LogP contribution in [0.25, 0.3) is 0 Å². The standard InChI is InChI=1S/C12H24NO/c1-3-7-11(8-4-2)13-12-9-5-6-10-14-12/h11,13H,3-10H2,1-2H3. The number of hydrogen-bond donors (Lipinski definition) is 1. The molecular weight excluding hydrogens is 174 g/mol. The number of hydrogen-bond acceptors (Lipinski definition) is 2. The Labute approximate surface area is 88.4 Å². The third-order valence-electron chi connectivity index (χ3n) is 2.71. The minimum Gasteiger partial charge on any atom is -0.356 e. The van der Waals surface area contributed by atoms with E-state index in [4.69, 9.17) is 4.74 Å². The molecule has 0 aromatic carbocycles. The Hall–Kier alpha value is -0.0800. The van der Waals surface area contributed by atoms with Gasteiger partial charge in [-0.2, -0.15) is 0 Å². The summed E-state index contributed by atoms with van der Waals surface area (Å²) in [4.78, 5) is 0. The lowest BCUT2D eigenvalue weighted by Gasteiger charge is -2.27. The molecule has 1 saturated heterocycles. The molecule has 0 aliphatic carbocycles. The minimum absolute atomic E-state index is 0.637. The molecule has 0 amide bonds. The van der Waals surface area contributed by atoms with Crippen LogP contribution in [0.2, 0.25) is 0 Å². The summed E-state index contributed by atoms with van der Waals surface area (Å²) in [6.45, 7) is 5.40. The second-order valence-corrected chi connectivity index (χ2v) is 4.15. The number of nitrogens with one attached hydrogen (secondary N) is 1. The van der Waals surface area contributed by atoms with Crippen molar-refractivity contribution in [2.45, 2.75) is 64.8 Å². The highest BCUT2D eigenvalue weighted by Crippen LogP contribution is 2.19. The molecule has 0 aromatic rings. The van der Waals surface area contributed by atoms with Gasteiger partial charge < -0.3 is 4.74 Å². The SMILES string of the molecule is CCCC(CCC)N[C]1CCCCO1. The van der Waals surface area contributed by atoms with Crippen molar-refractivity contribution in [2.75, 3.05) is 6.61 Å². The maximum atomic E-state index is 5.61. The molecular formula is C12H24NO. The molecule has 2 heteroatoms. The van der Waals surface area contributed by atoms with Crippen LogP contribution in [-0.2, 0) is 4.74 Å². The van der Waals surface area contributed by atoms with Crippen molar-refractivity contribution in [3.8, 4) is 0 Å². The lowest BCUT2D eigenvalue weighted by atomic mass is 10.1. The molecule has 1 aliphatic rings. The van der Waals surface area contributed by atoms with E-state index in [-0.39, 0.29) is 0 Å². The molecule has 1 aliphatic heterocycles. The van der Waals surface area contributed by atoms with Gasteiger partial charge in [0.25, 0.3) is 0 Å². The van der Waals surface area contributed by atoms with Gasteiger partial charge in [0.15, 0.2) is 6.23 Å². The summed E-state index contributed by atoms with van der Waals surface area (Å²) < 4.78 is 5.61. The fourth-order valence-corrected chi connectivity index (χ4v) is 1.98. The Bertz CT molecular complexity index is 126. The Morgan fingerprint density at radius 2 is 1.93 bits per heavy atom. The first-order chi connectivity index (χ1) is 6.86. The first kappa shape index (κ1) is 12.0. The predicted molar refractivity (Wildman–Crippen MR) is 59.8 cm³/mol. The van der Waals surface area contributed by atoms with Crippen LogP contribution < -0.4 is 5.32 Å². The smallest absolute Gasteiger partial charge is 0.162 e. The maximum absolute atomic E-state index is 5.61. The summed E-state index contributed by atoms with van der Waals surface area (Å²) in [6.07, 6.45) is 9.80. The molecule has 0 unspecified atom stereocenters. The second kappa shape index (κ2) is 7.24. The van der Waals surface area contributed by atoms with Crippen molar-refractivity contribution in [2.24, 2.45) is 0 Å². The zero-order valence-corrected chi connectivity index (χ0v) is 9.64. The number of ether oxygens (including phenoxy) is 1. The van der Waals surface area contributed by atoms with Crippen LogP contribution in [0.1, 0.15) is 58.8 Å². The highest BCUT2D eigenvalue weighted by atomic mass is 16.5. The monoisotopic (exact) mass is 198 g/mol.